The number of rotatable bonds is 3. The van der Waals surface area contributed by atoms with Crippen LogP contribution in [0.25, 0.3) is 10.9 Å². The molecule has 0 radical (unpaired) electrons. The molecule has 3 nitrogen and oxygen atoms in total. The van der Waals surface area contributed by atoms with E-state index in [4.69, 9.17) is 16.3 Å². The van der Waals surface area contributed by atoms with Crippen molar-refractivity contribution in [3.05, 3.63) is 41.0 Å². The van der Waals surface area contributed by atoms with Crippen molar-refractivity contribution in [2.75, 3.05) is 6.61 Å². The Bertz CT molecular complexity index is 581. The van der Waals surface area contributed by atoms with Gasteiger partial charge in [-0.25, -0.2) is 9.78 Å². The van der Waals surface area contributed by atoms with Gasteiger partial charge in [-0.2, -0.15) is 0 Å². The quantitative estimate of drug-likeness (QED) is 0.793. The molecule has 94 valence electrons. The monoisotopic (exact) mass is 263 g/mol. The number of hydrogen-bond acceptors (Lipinski definition) is 3. The minimum atomic E-state index is -0.434. The van der Waals surface area contributed by atoms with Crippen LogP contribution in [0.15, 0.2) is 30.3 Å². The van der Waals surface area contributed by atoms with Gasteiger partial charge in [-0.05, 0) is 18.1 Å². The van der Waals surface area contributed by atoms with Gasteiger partial charge in [0.2, 0.25) is 0 Å². The van der Waals surface area contributed by atoms with Gasteiger partial charge >= 0.3 is 5.97 Å². The van der Waals surface area contributed by atoms with Crippen molar-refractivity contribution in [1.29, 1.82) is 0 Å². The van der Waals surface area contributed by atoms with Crippen molar-refractivity contribution in [3.63, 3.8) is 0 Å². The molecule has 18 heavy (non-hydrogen) atoms. The number of aromatic nitrogens is 1. The average molecular weight is 264 g/mol. The summed E-state index contributed by atoms with van der Waals surface area (Å²) in [5.74, 6) is -0.138. The zero-order chi connectivity index (χ0) is 13.1. The zero-order valence-corrected chi connectivity index (χ0v) is 11.1. The summed E-state index contributed by atoms with van der Waals surface area (Å²) in [4.78, 5) is 16.1. The summed E-state index contributed by atoms with van der Waals surface area (Å²) in [5, 5.41) is 1.34. The van der Waals surface area contributed by atoms with Crippen molar-refractivity contribution in [3.8, 4) is 0 Å². The van der Waals surface area contributed by atoms with Crippen LogP contribution in [-0.4, -0.2) is 17.6 Å². The molecular weight excluding hydrogens is 250 g/mol. The second kappa shape index (κ2) is 5.36. The van der Waals surface area contributed by atoms with Crippen LogP contribution in [0.2, 0.25) is 5.02 Å². The van der Waals surface area contributed by atoms with Gasteiger partial charge in [-0.3, -0.25) is 0 Å². The number of hydrogen-bond donors (Lipinski definition) is 0. The number of carbonyl (C=O) groups is 1. The molecule has 2 aromatic rings. The van der Waals surface area contributed by atoms with E-state index in [1.807, 2.05) is 38.1 Å². The van der Waals surface area contributed by atoms with E-state index in [2.05, 4.69) is 4.98 Å². The highest BCUT2D eigenvalue weighted by molar-refractivity contribution is 6.35. The van der Waals surface area contributed by atoms with Crippen LogP contribution in [0.4, 0.5) is 0 Å². The Hall–Kier alpha value is -1.61. The van der Waals surface area contributed by atoms with Gasteiger partial charge < -0.3 is 4.74 Å². The molecule has 0 aliphatic rings. The number of fused-ring (bicyclic) bond motifs is 1. The number of para-hydroxylation sites is 1. The van der Waals surface area contributed by atoms with Gasteiger partial charge in [-0.15, -0.1) is 0 Å². The van der Waals surface area contributed by atoms with Crippen molar-refractivity contribution in [1.82, 2.24) is 4.98 Å². The molecule has 2 rings (SSSR count). The first-order chi connectivity index (χ1) is 8.58. The molecular formula is C14H14ClNO2. The molecule has 0 unspecified atom stereocenters. The lowest BCUT2D eigenvalue weighted by molar-refractivity contribution is 0.0452. The van der Waals surface area contributed by atoms with E-state index in [1.54, 1.807) is 6.07 Å². The second-order valence-corrected chi connectivity index (χ2v) is 4.91. The maximum absolute atomic E-state index is 11.8. The lowest BCUT2D eigenvalue weighted by Crippen LogP contribution is -2.11. The Morgan fingerprint density at radius 1 is 1.39 bits per heavy atom. The third kappa shape index (κ3) is 2.79. The largest absolute Gasteiger partial charge is 0.461 e. The predicted octanol–water partition coefficient (Wildman–Crippen LogP) is 3.70. The molecule has 0 fully saturated rings. The molecule has 1 heterocycles. The Kier molecular flexibility index (Phi) is 3.82. The summed E-state index contributed by atoms with van der Waals surface area (Å²) in [6, 6.07) is 8.97. The number of carbonyl (C=O) groups excluding carboxylic acids is 1. The number of nitrogens with zero attached hydrogens (tertiary/aromatic N) is 1. The molecule has 1 aromatic heterocycles. The van der Waals surface area contributed by atoms with Crippen LogP contribution in [-0.2, 0) is 4.74 Å². The highest BCUT2D eigenvalue weighted by Crippen LogP contribution is 2.23. The normalized spacial score (nSPS) is 10.9. The van der Waals surface area contributed by atoms with E-state index >= 15 is 0 Å². The third-order valence-electron chi connectivity index (χ3n) is 2.42. The van der Waals surface area contributed by atoms with E-state index in [0.29, 0.717) is 23.1 Å². The number of ether oxygens (including phenoxy) is 1. The molecule has 0 spiro atoms. The first-order valence-electron chi connectivity index (χ1n) is 5.80. The maximum atomic E-state index is 11.8. The number of pyridine rings is 1. The molecule has 1 aromatic carbocycles. The molecule has 4 heteroatoms. The standard InChI is InChI=1S/C14H14ClNO2/c1-9(2)8-18-14(17)13-7-11(15)10-5-3-4-6-12(10)16-13/h3-7,9H,8H2,1-2H3. The average Bonchev–Trinajstić information content (AvgIpc) is 2.36. The Morgan fingerprint density at radius 3 is 2.83 bits per heavy atom. The fourth-order valence-electron chi connectivity index (χ4n) is 1.55. The Labute approximate surface area is 111 Å². The van der Waals surface area contributed by atoms with Gasteiger partial charge in [0, 0.05) is 5.39 Å². The first kappa shape index (κ1) is 12.8. The van der Waals surface area contributed by atoms with Crippen molar-refractivity contribution in [2.24, 2.45) is 5.92 Å². The van der Waals surface area contributed by atoms with E-state index < -0.39 is 5.97 Å². The first-order valence-corrected chi connectivity index (χ1v) is 6.18. The van der Waals surface area contributed by atoms with Gasteiger partial charge in [0.05, 0.1) is 17.1 Å². The summed E-state index contributed by atoms with van der Waals surface area (Å²) in [6.07, 6.45) is 0. The van der Waals surface area contributed by atoms with E-state index in [1.165, 1.54) is 0 Å². The van der Waals surface area contributed by atoms with Gasteiger partial charge in [0.1, 0.15) is 0 Å². The summed E-state index contributed by atoms with van der Waals surface area (Å²) < 4.78 is 5.13. The van der Waals surface area contributed by atoms with Crippen LogP contribution >= 0.6 is 11.6 Å². The van der Waals surface area contributed by atoms with Gasteiger partial charge in [0.25, 0.3) is 0 Å². The topological polar surface area (TPSA) is 39.2 Å². The number of esters is 1. The van der Waals surface area contributed by atoms with Crippen molar-refractivity contribution >= 4 is 28.5 Å². The van der Waals surface area contributed by atoms with Crippen molar-refractivity contribution in [2.45, 2.75) is 13.8 Å². The SMILES string of the molecule is CC(C)COC(=O)c1cc(Cl)c2ccccc2n1. The third-order valence-corrected chi connectivity index (χ3v) is 2.74. The smallest absolute Gasteiger partial charge is 0.357 e. The lowest BCUT2D eigenvalue weighted by Gasteiger charge is -2.08. The summed E-state index contributed by atoms with van der Waals surface area (Å²) >= 11 is 6.12. The maximum Gasteiger partial charge on any atom is 0.357 e. The molecule has 0 atom stereocenters. The molecule has 0 bridgehead atoms. The fraction of sp³-hybridized carbons (Fsp3) is 0.286. The van der Waals surface area contributed by atoms with Crippen LogP contribution in [0.5, 0.6) is 0 Å². The van der Waals surface area contributed by atoms with Crippen LogP contribution < -0.4 is 0 Å². The number of benzene rings is 1. The molecule has 0 N–H and O–H groups in total. The molecule has 0 saturated heterocycles. The lowest BCUT2D eigenvalue weighted by atomic mass is 10.2. The highest BCUT2D eigenvalue weighted by Gasteiger charge is 2.12. The fourth-order valence-corrected chi connectivity index (χ4v) is 1.82. The minimum absolute atomic E-state index is 0.249. The van der Waals surface area contributed by atoms with Crippen molar-refractivity contribution < 1.29 is 9.53 Å². The summed E-state index contributed by atoms with van der Waals surface area (Å²) in [7, 11) is 0. The highest BCUT2D eigenvalue weighted by atomic mass is 35.5. The molecule has 0 amide bonds. The van der Waals surface area contributed by atoms with Crippen LogP contribution in [0.3, 0.4) is 0 Å². The van der Waals surface area contributed by atoms with Crippen LogP contribution in [0, 0.1) is 5.92 Å². The predicted molar refractivity (Wildman–Crippen MR) is 71.9 cm³/mol. The Morgan fingerprint density at radius 2 is 2.11 bits per heavy atom. The van der Waals surface area contributed by atoms with E-state index in [-0.39, 0.29) is 5.69 Å². The van der Waals surface area contributed by atoms with Gasteiger partial charge in [0.15, 0.2) is 5.69 Å². The van der Waals surface area contributed by atoms with Gasteiger partial charge in [-0.1, -0.05) is 43.6 Å². The minimum Gasteiger partial charge on any atom is -0.461 e. The molecule has 0 saturated carbocycles. The summed E-state index contributed by atoms with van der Waals surface area (Å²) in [6.45, 7) is 4.34. The molecule has 0 aliphatic carbocycles. The Balaban J connectivity index is 2.31. The summed E-state index contributed by atoms with van der Waals surface area (Å²) in [5.41, 5.74) is 0.945. The van der Waals surface area contributed by atoms with E-state index in [9.17, 15) is 4.79 Å². The zero-order valence-electron chi connectivity index (χ0n) is 10.3. The molecule has 0 aliphatic heterocycles. The second-order valence-electron chi connectivity index (χ2n) is 4.50. The van der Waals surface area contributed by atoms with Crippen LogP contribution in [0.1, 0.15) is 24.3 Å². The number of halogens is 1. The van der Waals surface area contributed by atoms with E-state index in [0.717, 1.165) is 5.39 Å².